The SMILES string of the molecule is C1=Nc2cc3ccccc3cc2N/C=C(/[n+]2cccc3ccccc32)C=Nc2cc3ccccc3cc2N/C=C\1[n+]1cccc2ccccc21.[O-][Cl+3]([O-])([O-])[O-].[O-][Cl+3]([O-])([O-])[O-]. The van der Waals surface area contributed by atoms with Crippen molar-refractivity contribution in [2.24, 2.45) is 9.98 Å². The number of nitrogens with one attached hydrogen (secondary N) is 2. The van der Waals surface area contributed by atoms with E-state index < -0.39 is 20.5 Å². The average Bonchev–Trinajstić information content (AvgIpc) is 3.22. The van der Waals surface area contributed by atoms with E-state index in [1.165, 1.54) is 0 Å². The molecule has 0 atom stereocenters. The van der Waals surface area contributed by atoms with E-state index >= 15 is 0 Å². The second-order valence-corrected chi connectivity index (χ2v) is 14.5. The van der Waals surface area contributed by atoms with E-state index in [-0.39, 0.29) is 0 Å². The van der Waals surface area contributed by atoms with E-state index in [1.807, 2.05) is 24.8 Å². The molecule has 1 aliphatic rings. The van der Waals surface area contributed by atoms with E-state index in [1.54, 1.807) is 0 Å². The number of fused-ring (bicyclic) bond motifs is 6. The molecule has 14 nitrogen and oxygen atoms in total. The van der Waals surface area contributed by atoms with Gasteiger partial charge in [-0.1, -0.05) is 72.8 Å². The van der Waals surface area contributed by atoms with Crippen molar-refractivity contribution >= 4 is 89.9 Å². The molecule has 8 aromatic rings. The molecule has 2 N–H and O–H groups in total. The third-order valence-electron chi connectivity index (χ3n) is 9.12. The van der Waals surface area contributed by atoms with E-state index in [4.69, 9.17) is 47.3 Å². The molecule has 3 heterocycles. The van der Waals surface area contributed by atoms with Crippen LogP contribution in [0.4, 0.5) is 22.7 Å². The Balaban J connectivity index is 0.000000490. The fourth-order valence-electron chi connectivity index (χ4n) is 6.59. The number of benzene rings is 6. The molecule has 0 aliphatic carbocycles. The molecule has 6 aromatic carbocycles. The summed E-state index contributed by atoms with van der Waals surface area (Å²) >= 11 is 0. The molecule has 300 valence electrons. The number of hydrogen-bond donors (Lipinski definition) is 2. The molecule has 0 spiro atoms. The maximum atomic E-state index is 8.49. The number of pyridine rings is 2. The molecule has 2 aromatic heterocycles. The Bertz CT molecular complexity index is 2740. The summed E-state index contributed by atoms with van der Waals surface area (Å²) in [6.07, 6.45) is 12.0. The van der Waals surface area contributed by atoms with Gasteiger partial charge in [0.25, 0.3) is 0 Å². The predicted octanol–water partition coefficient (Wildman–Crippen LogP) is 0.302. The fourth-order valence-corrected chi connectivity index (χ4v) is 6.59. The highest BCUT2D eigenvalue weighted by Crippen LogP contribution is 2.33. The van der Waals surface area contributed by atoms with Crippen LogP contribution < -0.4 is 57.0 Å². The van der Waals surface area contributed by atoms with Crippen LogP contribution in [0.5, 0.6) is 0 Å². The molecule has 0 saturated carbocycles. The van der Waals surface area contributed by atoms with Crippen LogP contribution in [0.2, 0.25) is 0 Å². The van der Waals surface area contributed by atoms with Crippen LogP contribution in [0.25, 0.3) is 54.7 Å². The van der Waals surface area contributed by atoms with Crippen molar-refractivity contribution in [1.82, 2.24) is 0 Å². The Kier molecular flexibility index (Phi) is 12.5. The first-order chi connectivity index (χ1) is 28.8. The van der Waals surface area contributed by atoms with Gasteiger partial charge in [0, 0.05) is 35.0 Å². The van der Waals surface area contributed by atoms with Gasteiger partial charge in [-0.25, -0.2) is 47.3 Å². The van der Waals surface area contributed by atoms with Gasteiger partial charge in [-0.05, 0) is 70.1 Å². The lowest BCUT2D eigenvalue weighted by Crippen LogP contribution is -2.68. The van der Waals surface area contributed by atoms with Gasteiger partial charge in [0.15, 0.2) is 12.4 Å². The zero-order valence-corrected chi connectivity index (χ0v) is 32.6. The van der Waals surface area contributed by atoms with Crippen molar-refractivity contribution in [2.75, 3.05) is 10.6 Å². The molecule has 0 radical (unpaired) electrons. The lowest BCUT2D eigenvalue weighted by molar-refractivity contribution is -2.00. The van der Waals surface area contributed by atoms with Gasteiger partial charge >= 0.3 is 0 Å². The third kappa shape index (κ3) is 10.9. The predicted molar refractivity (Wildman–Crippen MR) is 208 cm³/mol. The molecule has 9 rings (SSSR count). The minimum absolute atomic E-state index is 0.814. The quantitative estimate of drug-likeness (QED) is 0.226. The number of rotatable bonds is 2. The molecular weight excluding hydrogens is 811 g/mol. The molecule has 0 saturated heterocycles. The second-order valence-electron chi connectivity index (χ2n) is 13.0. The van der Waals surface area contributed by atoms with Crippen molar-refractivity contribution < 1.29 is 66.9 Å². The van der Waals surface area contributed by atoms with E-state index in [9.17, 15) is 0 Å². The molecule has 16 heteroatoms. The number of nitrogens with zero attached hydrogens (tertiary/aromatic N) is 4. The monoisotopic (exact) mass is 842 g/mol. The van der Waals surface area contributed by atoms with Gasteiger partial charge in [0.05, 0.1) is 35.1 Å². The van der Waals surface area contributed by atoms with Crippen LogP contribution in [0.1, 0.15) is 0 Å². The van der Waals surface area contributed by atoms with Gasteiger partial charge in [0.1, 0.15) is 12.4 Å². The minimum Gasteiger partial charge on any atom is -0.354 e. The molecule has 0 fully saturated rings. The summed E-state index contributed by atoms with van der Waals surface area (Å²) in [5.74, 6) is 0. The molecule has 0 unspecified atom stereocenters. The Morgan fingerprint density at radius 3 is 1.05 bits per heavy atom. The highest BCUT2D eigenvalue weighted by atomic mass is 35.7. The lowest BCUT2D eigenvalue weighted by atomic mass is 10.1. The number of anilines is 2. The first kappa shape index (κ1) is 41.5. The minimum atomic E-state index is -4.94. The van der Waals surface area contributed by atoms with Crippen LogP contribution >= 0.6 is 0 Å². The van der Waals surface area contributed by atoms with Gasteiger partial charge in [-0.15, -0.1) is 20.5 Å². The standard InChI is InChI=1S/C44H32N6.2ClHO4/c1-2-14-34-24-40-39(23-33(34)13-1)45-27-37(49-21-9-17-31-11-5-7-19-43(31)49)29-47-41-25-35-15-3-4-16-36(35)26-42(41)48-30-38(28-46-40)50-22-10-18-32-12-6-8-20-44(32)50;2*2-1(3,4)5/h1-30,45,48H;2*(H,2,3,4,5)/q+2;;/p-2/b37-27+,38-30+,46-28?,47-29?;;. The summed E-state index contributed by atoms with van der Waals surface area (Å²) in [5.41, 5.74) is 7.26. The summed E-state index contributed by atoms with van der Waals surface area (Å²) in [7, 11) is -9.89. The topological polar surface area (TPSA) is 241 Å². The summed E-state index contributed by atoms with van der Waals surface area (Å²) in [6.45, 7) is 0. The fraction of sp³-hybridized carbons (Fsp3) is 0. The van der Waals surface area contributed by atoms with Crippen LogP contribution in [0, 0.1) is 20.5 Å². The molecule has 1 aliphatic heterocycles. The number of para-hydroxylation sites is 2. The molecule has 60 heavy (non-hydrogen) atoms. The number of aromatic nitrogens is 2. The van der Waals surface area contributed by atoms with Gasteiger partial charge in [-0.2, -0.15) is 9.13 Å². The van der Waals surface area contributed by atoms with Crippen molar-refractivity contribution in [2.45, 2.75) is 0 Å². The van der Waals surface area contributed by atoms with E-state index in [0.29, 0.717) is 0 Å². The summed E-state index contributed by atoms with van der Waals surface area (Å²) in [6, 6.07) is 50.4. The van der Waals surface area contributed by atoms with Crippen LogP contribution in [-0.2, 0) is 0 Å². The van der Waals surface area contributed by atoms with Crippen LogP contribution in [0.15, 0.2) is 180 Å². The van der Waals surface area contributed by atoms with E-state index in [0.717, 1.165) is 77.5 Å². The molecule has 0 bridgehead atoms. The molecular formula is C44H32Cl2N6O8. The van der Waals surface area contributed by atoms with Gasteiger partial charge < -0.3 is 10.6 Å². The van der Waals surface area contributed by atoms with Gasteiger partial charge in [-0.3, -0.25) is 0 Å². The maximum Gasteiger partial charge on any atom is 0.245 e. The maximum absolute atomic E-state index is 8.49. The number of allylic oxidation sites excluding steroid dienone is 2. The Morgan fingerprint density at radius 2 is 0.683 bits per heavy atom. The third-order valence-corrected chi connectivity index (χ3v) is 9.12. The summed E-state index contributed by atoms with van der Waals surface area (Å²) < 4.78 is 72.3. The summed E-state index contributed by atoms with van der Waals surface area (Å²) in [4.78, 5) is 10.3. The highest BCUT2D eigenvalue weighted by Gasteiger charge is 2.17. The van der Waals surface area contributed by atoms with E-state index in [2.05, 4.69) is 178 Å². The first-order valence-electron chi connectivity index (χ1n) is 17.9. The van der Waals surface area contributed by atoms with Crippen LogP contribution in [0.3, 0.4) is 0 Å². The molecule has 0 amide bonds. The lowest BCUT2D eigenvalue weighted by Gasteiger charge is -2.17. The average molecular weight is 844 g/mol. The Morgan fingerprint density at radius 1 is 0.383 bits per heavy atom. The van der Waals surface area contributed by atoms with Crippen molar-refractivity contribution in [3.63, 3.8) is 0 Å². The van der Waals surface area contributed by atoms with Gasteiger partial charge in [0.2, 0.25) is 22.4 Å². The zero-order chi connectivity index (χ0) is 42.3. The largest absolute Gasteiger partial charge is 0.354 e. The van der Waals surface area contributed by atoms with Crippen molar-refractivity contribution in [3.8, 4) is 0 Å². The Hall–Kier alpha value is -6.66. The van der Waals surface area contributed by atoms with Crippen molar-refractivity contribution in [1.29, 1.82) is 0 Å². The normalized spacial score (nSPS) is 14.7. The highest BCUT2D eigenvalue weighted by molar-refractivity contribution is 6.05. The number of halogens is 2. The van der Waals surface area contributed by atoms with Crippen LogP contribution in [-0.4, -0.2) is 12.4 Å². The second kappa shape index (κ2) is 18.1. The smallest absolute Gasteiger partial charge is 0.245 e. The number of hydrogen-bond acceptors (Lipinski definition) is 12. The first-order valence-corrected chi connectivity index (χ1v) is 20.3. The summed E-state index contributed by atoms with van der Waals surface area (Å²) in [5, 5.41) is 14.0. The number of aliphatic imine (C=N–C) groups is 2. The van der Waals surface area contributed by atoms with Crippen molar-refractivity contribution in [3.05, 3.63) is 170 Å². The Labute approximate surface area is 346 Å². The zero-order valence-electron chi connectivity index (χ0n) is 31.1.